The molecule has 102 valence electrons. The number of aromatic nitrogens is 2. The molecule has 0 fully saturated rings. The van der Waals surface area contributed by atoms with E-state index in [0.29, 0.717) is 18.0 Å². The highest BCUT2D eigenvalue weighted by Crippen LogP contribution is 2.35. The van der Waals surface area contributed by atoms with Crippen molar-refractivity contribution >= 4 is 0 Å². The maximum atomic E-state index is 5.77. The predicted molar refractivity (Wildman–Crippen MR) is 74.4 cm³/mol. The van der Waals surface area contributed by atoms with E-state index >= 15 is 0 Å². The average molecular weight is 261 g/mol. The molecule has 0 aliphatic rings. The quantitative estimate of drug-likeness (QED) is 0.912. The molecule has 2 N–H and O–H groups in total. The lowest BCUT2D eigenvalue weighted by atomic mass is 10.0. The monoisotopic (exact) mass is 261 g/mol. The Kier molecular flexibility index (Phi) is 3.76. The third-order valence-corrected chi connectivity index (χ3v) is 3.11. The lowest BCUT2D eigenvalue weighted by Gasteiger charge is -2.12. The first-order valence-electron chi connectivity index (χ1n) is 6.06. The molecule has 0 saturated carbocycles. The SMILES string of the molecule is COc1cc(C)c(-c2nn(C)cc2CN)cc1OC. The summed E-state index contributed by atoms with van der Waals surface area (Å²) in [5.41, 5.74) is 9.76. The fourth-order valence-corrected chi connectivity index (χ4v) is 2.15. The largest absolute Gasteiger partial charge is 0.493 e. The minimum absolute atomic E-state index is 0.455. The van der Waals surface area contributed by atoms with Crippen molar-refractivity contribution in [2.75, 3.05) is 14.2 Å². The summed E-state index contributed by atoms with van der Waals surface area (Å²) >= 11 is 0. The summed E-state index contributed by atoms with van der Waals surface area (Å²) in [6.07, 6.45) is 1.94. The molecular formula is C14H19N3O2. The molecule has 0 unspecified atom stereocenters. The van der Waals surface area contributed by atoms with E-state index in [9.17, 15) is 0 Å². The third-order valence-electron chi connectivity index (χ3n) is 3.11. The van der Waals surface area contributed by atoms with Crippen molar-refractivity contribution in [3.63, 3.8) is 0 Å². The summed E-state index contributed by atoms with van der Waals surface area (Å²) in [6, 6.07) is 3.89. The number of ether oxygens (including phenoxy) is 2. The molecule has 19 heavy (non-hydrogen) atoms. The van der Waals surface area contributed by atoms with Crippen LogP contribution in [0.15, 0.2) is 18.3 Å². The van der Waals surface area contributed by atoms with E-state index in [-0.39, 0.29) is 0 Å². The number of rotatable bonds is 4. The second-order valence-electron chi connectivity index (χ2n) is 4.40. The van der Waals surface area contributed by atoms with Gasteiger partial charge < -0.3 is 15.2 Å². The van der Waals surface area contributed by atoms with Gasteiger partial charge in [0.1, 0.15) is 0 Å². The first-order chi connectivity index (χ1) is 9.10. The van der Waals surface area contributed by atoms with Crippen LogP contribution >= 0.6 is 0 Å². The van der Waals surface area contributed by atoms with Crippen LogP contribution in [-0.4, -0.2) is 24.0 Å². The topological polar surface area (TPSA) is 62.3 Å². The van der Waals surface area contributed by atoms with Crippen LogP contribution in [0, 0.1) is 6.92 Å². The molecule has 0 saturated heterocycles. The molecule has 1 heterocycles. The van der Waals surface area contributed by atoms with Crippen LogP contribution in [0.25, 0.3) is 11.3 Å². The molecule has 0 bridgehead atoms. The summed E-state index contributed by atoms with van der Waals surface area (Å²) in [7, 11) is 5.14. The number of aryl methyl sites for hydroxylation is 2. The van der Waals surface area contributed by atoms with Crippen molar-refractivity contribution in [1.82, 2.24) is 9.78 Å². The first kappa shape index (κ1) is 13.4. The number of methoxy groups -OCH3 is 2. The second kappa shape index (κ2) is 5.32. The molecule has 1 aromatic heterocycles. The lowest BCUT2D eigenvalue weighted by Crippen LogP contribution is -1.99. The van der Waals surface area contributed by atoms with Gasteiger partial charge in [-0.1, -0.05) is 0 Å². The van der Waals surface area contributed by atoms with Crippen LogP contribution in [0.5, 0.6) is 11.5 Å². The van der Waals surface area contributed by atoms with Gasteiger partial charge in [-0.2, -0.15) is 5.10 Å². The zero-order chi connectivity index (χ0) is 14.0. The summed E-state index contributed by atoms with van der Waals surface area (Å²) < 4.78 is 12.4. The molecule has 0 atom stereocenters. The molecule has 0 aliphatic heterocycles. The molecule has 5 nitrogen and oxygen atoms in total. The van der Waals surface area contributed by atoms with Crippen LogP contribution in [0.2, 0.25) is 0 Å². The zero-order valence-corrected chi connectivity index (χ0v) is 11.7. The maximum Gasteiger partial charge on any atom is 0.161 e. The first-order valence-corrected chi connectivity index (χ1v) is 6.06. The smallest absolute Gasteiger partial charge is 0.161 e. The van der Waals surface area contributed by atoms with Crippen molar-refractivity contribution in [2.24, 2.45) is 12.8 Å². The summed E-state index contributed by atoms with van der Waals surface area (Å²) in [5, 5.41) is 4.48. The van der Waals surface area contributed by atoms with Gasteiger partial charge in [-0.3, -0.25) is 4.68 Å². The van der Waals surface area contributed by atoms with Gasteiger partial charge in [0.2, 0.25) is 0 Å². The molecule has 0 aliphatic carbocycles. The third kappa shape index (κ3) is 2.42. The van der Waals surface area contributed by atoms with Gasteiger partial charge >= 0.3 is 0 Å². The number of hydrogen-bond acceptors (Lipinski definition) is 4. The fraction of sp³-hybridized carbons (Fsp3) is 0.357. The molecule has 2 rings (SSSR count). The zero-order valence-electron chi connectivity index (χ0n) is 11.7. The van der Waals surface area contributed by atoms with Crippen LogP contribution in [-0.2, 0) is 13.6 Å². The number of hydrogen-bond donors (Lipinski definition) is 1. The average Bonchev–Trinajstić information content (AvgIpc) is 2.79. The number of nitrogens with zero attached hydrogens (tertiary/aromatic N) is 2. The van der Waals surface area contributed by atoms with Gasteiger partial charge in [-0.15, -0.1) is 0 Å². The molecule has 1 aromatic carbocycles. The Labute approximate surface area is 112 Å². The van der Waals surface area contributed by atoms with Crippen LogP contribution in [0.3, 0.4) is 0 Å². The Morgan fingerprint density at radius 3 is 2.42 bits per heavy atom. The summed E-state index contributed by atoms with van der Waals surface area (Å²) in [4.78, 5) is 0. The summed E-state index contributed by atoms with van der Waals surface area (Å²) in [6.45, 7) is 2.48. The highest BCUT2D eigenvalue weighted by atomic mass is 16.5. The van der Waals surface area contributed by atoms with E-state index < -0.39 is 0 Å². The lowest BCUT2D eigenvalue weighted by molar-refractivity contribution is 0.355. The van der Waals surface area contributed by atoms with E-state index in [2.05, 4.69) is 5.10 Å². The van der Waals surface area contributed by atoms with Gasteiger partial charge in [0, 0.05) is 30.9 Å². The summed E-state index contributed by atoms with van der Waals surface area (Å²) in [5.74, 6) is 1.41. The highest BCUT2D eigenvalue weighted by molar-refractivity contribution is 5.70. The Hall–Kier alpha value is -2.01. The van der Waals surface area contributed by atoms with E-state index in [1.807, 2.05) is 32.3 Å². The number of benzene rings is 1. The van der Waals surface area contributed by atoms with E-state index in [1.54, 1.807) is 18.9 Å². The van der Waals surface area contributed by atoms with E-state index in [4.69, 9.17) is 15.2 Å². The van der Waals surface area contributed by atoms with Gasteiger partial charge in [0.05, 0.1) is 19.9 Å². The van der Waals surface area contributed by atoms with Gasteiger partial charge in [0.15, 0.2) is 11.5 Å². The molecule has 2 aromatic rings. The van der Waals surface area contributed by atoms with Crippen LogP contribution in [0.4, 0.5) is 0 Å². The maximum absolute atomic E-state index is 5.77. The second-order valence-corrected chi connectivity index (χ2v) is 4.40. The van der Waals surface area contributed by atoms with Crippen molar-refractivity contribution in [2.45, 2.75) is 13.5 Å². The number of nitrogens with two attached hydrogens (primary N) is 1. The van der Waals surface area contributed by atoms with Crippen LogP contribution < -0.4 is 15.2 Å². The van der Waals surface area contributed by atoms with Gasteiger partial charge in [0.25, 0.3) is 0 Å². The van der Waals surface area contributed by atoms with E-state index in [0.717, 1.165) is 22.4 Å². The minimum Gasteiger partial charge on any atom is -0.493 e. The van der Waals surface area contributed by atoms with Crippen molar-refractivity contribution in [3.05, 3.63) is 29.5 Å². The Morgan fingerprint density at radius 1 is 1.21 bits per heavy atom. The van der Waals surface area contributed by atoms with Crippen LogP contribution in [0.1, 0.15) is 11.1 Å². The fourth-order valence-electron chi connectivity index (χ4n) is 2.15. The standard InChI is InChI=1S/C14H19N3O2/c1-9-5-12(18-3)13(19-4)6-11(9)14-10(7-15)8-17(2)16-14/h5-6,8H,7,15H2,1-4H3. The van der Waals surface area contributed by atoms with Crippen molar-refractivity contribution in [1.29, 1.82) is 0 Å². The van der Waals surface area contributed by atoms with Gasteiger partial charge in [-0.25, -0.2) is 0 Å². The Bertz CT molecular complexity index is 591. The normalized spacial score (nSPS) is 10.6. The van der Waals surface area contributed by atoms with Gasteiger partial charge in [-0.05, 0) is 24.6 Å². The molecule has 0 spiro atoms. The minimum atomic E-state index is 0.455. The molecule has 0 radical (unpaired) electrons. The molecule has 5 heteroatoms. The Morgan fingerprint density at radius 2 is 1.84 bits per heavy atom. The molecular weight excluding hydrogens is 242 g/mol. The highest BCUT2D eigenvalue weighted by Gasteiger charge is 2.15. The predicted octanol–water partition coefficient (Wildman–Crippen LogP) is 1.87. The van der Waals surface area contributed by atoms with Crippen molar-refractivity contribution < 1.29 is 9.47 Å². The van der Waals surface area contributed by atoms with Crippen molar-refractivity contribution in [3.8, 4) is 22.8 Å². The van der Waals surface area contributed by atoms with E-state index in [1.165, 1.54) is 0 Å². The molecule has 0 amide bonds. The Balaban J connectivity index is 2.61.